The largest absolute Gasteiger partial charge is 0.492 e. The van der Waals surface area contributed by atoms with Crippen LogP contribution >= 0.6 is 27.5 Å². The summed E-state index contributed by atoms with van der Waals surface area (Å²) in [6.45, 7) is 0.461. The maximum Gasteiger partial charge on any atom is 0.220 e. The normalized spacial score (nSPS) is 15.7. The summed E-state index contributed by atoms with van der Waals surface area (Å²) in [5, 5.41) is 4.98. The summed E-state index contributed by atoms with van der Waals surface area (Å²) in [6.07, 6.45) is 2.84. The van der Waals surface area contributed by atoms with Crippen LogP contribution in [0.2, 0.25) is 5.02 Å². The number of ether oxygens (including phenoxy) is 1. The quantitative estimate of drug-likeness (QED) is 0.521. The van der Waals surface area contributed by atoms with Crippen LogP contribution in [0, 0.1) is 0 Å². The third-order valence-corrected chi connectivity index (χ3v) is 5.66. The molecule has 0 radical (unpaired) electrons. The predicted molar refractivity (Wildman–Crippen MR) is 112 cm³/mol. The zero-order chi connectivity index (χ0) is 18.8. The zero-order valence-electron chi connectivity index (χ0n) is 14.7. The average Bonchev–Trinajstić information content (AvgIpc) is 3.17. The van der Waals surface area contributed by atoms with Gasteiger partial charge in [-0.2, -0.15) is 0 Å². The fourth-order valence-electron chi connectivity index (χ4n) is 3.64. The number of fused-ring (bicyclic) bond motifs is 3. The lowest BCUT2D eigenvalue weighted by Crippen LogP contribution is -2.35. The van der Waals surface area contributed by atoms with E-state index in [1.165, 1.54) is 22.2 Å². The molecule has 1 aliphatic rings. The summed E-state index contributed by atoms with van der Waals surface area (Å²) in [5.74, 6) is 0.710. The Hall–Kier alpha value is -1.98. The number of carbonyl (C=O) groups is 1. The molecule has 4 rings (SSSR count). The van der Waals surface area contributed by atoms with E-state index in [-0.39, 0.29) is 11.9 Å². The number of hydrogen-bond donors (Lipinski definition) is 2. The van der Waals surface area contributed by atoms with Crippen LogP contribution < -0.4 is 10.1 Å². The highest BCUT2D eigenvalue weighted by atomic mass is 79.9. The summed E-state index contributed by atoms with van der Waals surface area (Å²) >= 11 is 9.49. The number of halogens is 2. The topological polar surface area (TPSA) is 54.1 Å². The molecule has 6 heteroatoms. The van der Waals surface area contributed by atoms with Crippen LogP contribution in [0.3, 0.4) is 0 Å². The van der Waals surface area contributed by atoms with E-state index < -0.39 is 0 Å². The summed E-state index contributed by atoms with van der Waals surface area (Å²) in [5.41, 5.74) is 3.76. The van der Waals surface area contributed by atoms with E-state index in [9.17, 15) is 4.79 Å². The Bertz CT molecular complexity index is 985. The van der Waals surface area contributed by atoms with Gasteiger partial charge in [0.15, 0.2) is 0 Å². The molecule has 1 amide bonds. The van der Waals surface area contributed by atoms with Gasteiger partial charge in [0.2, 0.25) is 5.91 Å². The number of benzene rings is 2. The molecule has 140 valence electrons. The van der Waals surface area contributed by atoms with E-state index in [0.29, 0.717) is 30.2 Å². The van der Waals surface area contributed by atoms with E-state index in [1.54, 1.807) is 6.07 Å². The Balaban J connectivity index is 1.23. The molecule has 0 bridgehead atoms. The van der Waals surface area contributed by atoms with Gasteiger partial charge < -0.3 is 15.0 Å². The van der Waals surface area contributed by atoms with Gasteiger partial charge in [-0.3, -0.25) is 4.79 Å². The van der Waals surface area contributed by atoms with Crippen LogP contribution in [-0.4, -0.2) is 23.5 Å². The zero-order valence-corrected chi connectivity index (χ0v) is 17.1. The minimum atomic E-state index is 0.0694. The van der Waals surface area contributed by atoms with E-state index in [4.69, 9.17) is 16.3 Å². The van der Waals surface area contributed by atoms with Crippen molar-refractivity contribution in [1.29, 1.82) is 0 Å². The van der Waals surface area contributed by atoms with Crippen molar-refractivity contribution in [2.24, 2.45) is 0 Å². The fraction of sp³-hybridized carbons (Fsp3) is 0.286. The van der Waals surface area contributed by atoms with Crippen LogP contribution in [0.15, 0.2) is 46.9 Å². The smallest absolute Gasteiger partial charge is 0.220 e. The molecule has 0 spiro atoms. The van der Waals surface area contributed by atoms with E-state index >= 15 is 0 Å². The first kappa shape index (κ1) is 18.4. The minimum absolute atomic E-state index is 0.0694. The molecular formula is C21H20BrClN2O2. The summed E-state index contributed by atoms with van der Waals surface area (Å²) in [4.78, 5) is 15.7. The maximum atomic E-state index is 12.2. The number of rotatable bonds is 6. The molecule has 2 aromatic carbocycles. The van der Waals surface area contributed by atoms with Crippen molar-refractivity contribution < 1.29 is 9.53 Å². The lowest BCUT2D eigenvalue weighted by Gasteiger charge is -2.13. The van der Waals surface area contributed by atoms with Crippen LogP contribution in [-0.2, 0) is 17.6 Å². The van der Waals surface area contributed by atoms with Crippen molar-refractivity contribution in [2.75, 3.05) is 6.61 Å². The molecule has 0 saturated carbocycles. The second kappa shape index (κ2) is 7.95. The first-order valence-electron chi connectivity index (χ1n) is 9.06. The number of para-hydroxylation sites is 1. The number of amides is 1. The summed E-state index contributed by atoms with van der Waals surface area (Å²) in [6, 6.07) is 14.0. The molecule has 1 unspecified atom stereocenters. The van der Waals surface area contributed by atoms with Crippen molar-refractivity contribution >= 4 is 44.3 Å². The SMILES string of the molecule is O=C(CCCOc1ccc(Br)cc1Cl)NC1Cc2[nH]c3ccccc3c2C1. The second-order valence-corrected chi connectivity index (χ2v) is 8.15. The number of aromatic amines is 1. The predicted octanol–water partition coefficient (Wildman–Crippen LogP) is 5.03. The van der Waals surface area contributed by atoms with E-state index in [0.717, 1.165) is 17.3 Å². The van der Waals surface area contributed by atoms with Gasteiger partial charge in [0.1, 0.15) is 5.75 Å². The molecule has 1 aliphatic carbocycles. The van der Waals surface area contributed by atoms with Gasteiger partial charge in [0, 0.05) is 40.0 Å². The Morgan fingerprint density at radius 3 is 2.96 bits per heavy atom. The Morgan fingerprint density at radius 1 is 1.26 bits per heavy atom. The van der Waals surface area contributed by atoms with E-state index in [2.05, 4.69) is 44.4 Å². The number of aromatic nitrogens is 1. The lowest BCUT2D eigenvalue weighted by atomic mass is 10.1. The summed E-state index contributed by atoms with van der Waals surface area (Å²) in [7, 11) is 0. The second-order valence-electron chi connectivity index (χ2n) is 6.83. The van der Waals surface area contributed by atoms with Crippen LogP contribution in [0.5, 0.6) is 5.75 Å². The monoisotopic (exact) mass is 446 g/mol. The molecular weight excluding hydrogens is 428 g/mol. The number of hydrogen-bond acceptors (Lipinski definition) is 2. The molecule has 0 aliphatic heterocycles. The fourth-order valence-corrected chi connectivity index (χ4v) is 4.37. The molecule has 1 heterocycles. The Kier molecular flexibility index (Phi) is 5.41. The molecule has 1 atom stereocenters. The van der Waals surface area contributed by atoms with Crippen molar-refractivity contribution in [2.45, 2.75) is 31.7 Å². The van der Waals surface area contributed by atoms with Crippen molar-refractivity contribution in [1.82, 2.24) is 10.3 Å². The first-order valence-corrected chi connectivity index (χ1v) is 10.2. The third kappa shape index (κ3) is 4.14. The first-order chi connectivity index (χ1) is 13.1. The Morgan fingerprint density at radius 2 is 2.11 bits per heavy atom. The van der Waals surface area contributed by atoms with Gasteiger partial charge in [-0.25, -0.2) is 0 Å². The van der Waals surface area contributed by atoms with Gasteiger partial charge in [-0.1, -0.05) is 45.7 Å². The van der Waals surface area contributed by atoms with Gasteiger partial charge in [-0.05, 0) is 42.7 Å². The number of carbonyl (C=O) groups excluding carboxylic acids is 1. The minimum Gasteiger partial charge on any atom is -0.492 e. The molecule has 1 aromatic heterocycles. The van der Waals surface area contributed by atoms with Crippen molar-refractivity contribution in [3.05, 3.63) is 63.2 Å². The van der Waals surface area contributed by atoms with Gasteiger partial charge in [0.25, 0.3) is 0 Å². The van der Waals surface area contributed by atoms with Gasteiger partial charge in [-0.15, -0.1) is 0 Å². The standard InChI is InChI=1S/C21H20BrClN2O2/c22-13-7-8-20(17(23)10-13)27-9-3-6-21(26)24-14-11-16-15-4-1-2-5-18(15)25-19(16)12-14/h1-2,4-5,7-8,10,14,25H,3,6,9,11-12H2,(H,24,26). The molecule has 0 fully saturated rings. The van der Waals surface area contributed by atoms with Crippen molar-refractivity contribution in [3.63, 3.8) is 0 Å². The average molecular weight is 448 g/mol. The lowest BCUT2D eigenvalue weighted by molar-refractivity contribution is -0.121. The number of nitrogens with one attached hydrogen (secondary N) is 2. The highest BCUT2D eigenvalue weighted by molar-refractivity contribution is 9.10. The maximum absolute atomic E-state index is 12.2. The van der Waals surface area contributed by atoms with E-state index in [1.807, 2.05) is 18.2 Å². The Labute approximate surface area is 171 Å². The number of H-pyrrole nitrogens is 1. The molecule has 3 aromatic rings. The third-order valence-electron chi connectivity index (χ3n) is 4.87. The van der Waals surface area contributed by atoms with Crippen LogP contribution in [0.25, 0.3) is 10.9 Å². The summed E-state index contributed by atoms with van der Waals surface area (Å²) < 4.78 is 6.57. The highest BCUT2D eigenvalue weighted by Crippen LogP contribution is 2.30. The van der Waals surface area contributed by atoms with Crippen LogP contribution in [0.1, 0.15) is 24.1 Å². The van der Waals surface area contributed by atoms with Crippen molar-refractivity contribution in [3.8, 4) is 5.75 Å². The molecule has 4 nitrogen and oxygen atoms in total. The van der Waals surface area contributed by atoms with Gasteiger partial charge >= 0.3 is 0 Å². The van der Waals surface area contributed by atoms with Crippen LogP contribution in [0.4, 0.5) is 0 Å². The van der Waals surface area contributed by atoms with Gasteiger partial charge in [0.05, 0.1) is 11.6 Å². The molecule has 2 N–H and O–H groups in total. The molecule has 0 saturated heterocycles. The molecule has 27 heavy (non-hydrogen) atoms. The highest BCUT2D eigenvalue weighted by Gasteiger charge is 2.26.